The molecule has 2 heterocycles. The number of ether oxygens (including phenoxy) is 1. The van der Waals surface area contributed by atoms with Crippen LogP contribution >= 0.6 is 11.8 Å². The molecule has 1 fully saturated rings. The zero-order chi connectivity index (χ0) is 23.9. The van der Waals surface area contributed by atoms with E-state index >= 15 is 0 Å². The molecule has 7 heteroatoms. The Kier molecular flexibility index (Phi) is 8.06. The molecule has 1 aliphatic heterocycles. The summed E-state index contributed by atoms with van der Waals surface area (Å²) in [6.07, 6.45) is 0.448. The Morgan fingerprint density at radius 3 is 2.24 bits per heavy atom. The van der Waals surface area contributed by atoms with E-state index < -0.39 is 0 Å². The van der Waals surface area contributed by atoms with Gasteiger partial charge in [-0.15, -0.1) is 22.0 Å². The second kappa shape index (κ2) is 11.4. The van der Waals surface area contributed by atoms with Crippen LogP contribution in [0.15, 0.2) is 65.6 Å². The van der Waals surface area contributed by atoms with Gasteiger partial charge in [0.05, 0.1) is 18.7 Å². The third-order valence-corrected chi connectivity index (χ3v) is 6.73. The maximum absolute atomic E-state index is 12.8. The minimum atomic E-state index is 0.181. The molecule has 1 aliphatic rings. The van der Waals surface area contributed by atoms with Crippen molar-refractivity contribution >= 4 is 23.5 Å². The van der Waals surface area contributed by atoms with E-state index in [1.807, 2.05) is 60.0 Å². The third-order valence-electron chi connectivity index (χ3n) is 5.72. The van der Waals surface area contributed by atoms with Crippen LogP contribution in [0.25, 0.3) is 11.3 Å². The second-order valence-electron chi connectivity index (χ2n) is 8.59. The van der Waals surface area contributed by atoms with Crippen molar-refractivity contribution in [3.05, 3.63) is 66.2 Å². The number of anilines is 1. The average Bonchev–Trinajstić information content (AvgIpc) is 2.86. The van der Waals surface area contributed by atoms with Crippen LogP contribution < -0.4 is 9.64 Å². The number of rotatable bonds is 8. The predicted octanol–water partition coefficient (Wildman–Crippen LogP) is 4.93. The molecule has 178 valence electrons. The molecule has 0 radical (unpaired) electrons. The summed E-state index contributed by atoms with van der Waals surface area (Å²) in [6, 6.07) is 20.3. The molecule has 0 unspecified atom stereocenters. The van der Waals surface area contributed by atoms with Gasteiger partial charge in [0, 0.05) is 41.9 Å². The fourth-order valence-corrected chi connectivity index (χ4v) is 4.80. The van der Waals surface area contributed by atoms with E-state index in [4.69, 9.17) is 4.74 Å². The van der Waals surface area contributed by atoms with Gasteiger partial charge < -0.3 is 14.5 Å². The molecule has 0 saturated carbocycles. The Labute approximate surface area is 206 Å². The number of amides is 1. The Hall–Kier alpha value is -3.06. The summed E-state index contributed by atoms with van der Waals surface area (Å²) in [4.78, 5) is 18.2. The molecule has 1 amide bonds. The summed E-state index contributed by atoms with van der Waals surface area (Å²) in [5.41, 5.74) is 2.91. The molecule has 0 bridgehead atoms. The van der Waals surface area contributed by atoms with Crippen molar-refractivity contribution in [1.82, 2.24) is 15.1 Å². The van der Waals surface area contributed by atoms with Gasteiger partial charge in [-0.25, -0.2) is 0 Å². The molecule has 0 aliphatic carbocycles. The van der Waals surface area contributed by atoms with Crippen LogP contribution in [0.2, 0.25) is 0 Å². The standard InChI is InChI=1S/C27H32N4O2S/c1-4-33-23-9-7-22(8-10-23)25-13-14-26(29-28-25)30-15-17-31(18-16-30)27(32)19-21-5-11-24(12-6-21)34-20(2)3/h5-14,20H,4,15-19H2,1-3H3. The Morgan fingerprint density at radius 1 is 0.941 bits per heavy atom. The molecule has 1 saturated heterocycles. The van der Waals surface area contributed by atoms with Crippen molar-refractivity contribution in [2.45, 2.75) is 37.3 Å². The largest absolute Gasteiger partial charge is 0.494 e. The van der Waals surface area contributed by atoms with Gasteiger partial charge in [0.15, 0.2) is 5.82 Å². The normalized spacial score (nSPS) is 13.9. The topological polar surface area (TPSA) is 58.6 Å². The van der Waals surface area contributed by atoms with Crippen LogP contribution in [0, 0.1) is 0 Å². The third kappa shape index (κ3) is 6.29. The molecule has 1 aromatic heterocycles. The van der Waals surface area contributed by atoms with Crippen LogP contribution in [0.3, 0.4) is 0 Å². The lowest BCUT2D eigenvalue weighted by atomic mass is 10.1. The van der Waals surface area contributed by atoms with E-state index in [1.165, 1.54) is 4.90 Å². The summed E-state index contributed by atoms with van der Waals surface area (Å²) in [5, 5.41) is 9.42. The van der Waals surface area contributed by atoms with E-state index in [1.54, 1.807) is 0 Å². The monoisotopic (exact) mass is 476 g/mol. The van der Waals surface area contributed by atoms with E-state index in [0.717, 1.165) is 41.5 Å². The van der Waals surface area contributed by atoms with Crippen molar-refractivity contribution in [2.75, 3.05) is 37.7 Å². The Bertz CT molecular complexity index is 1060. The molecule has 0 spiro atoms. The highest BCUT2D eigenvalue weighted by molar-refractivity contribution is 7.99. The number of thioether (sulfide) groups is 1. The maximum atomic E-state index is 12.8. The Balaban J connectivity index is 1.28. The lowest BCUT2D eigenvalue weighted by molar-refractivity contribution is -0.130. The molecule has 34 heavy (non-hydrogen) atoms. The van der Waals surface area contributed by atoms with Gasteiger partial charge in [0.2, 0.25) is 5.91 Å². The highest BCUT2D eigenvalue weighted by Gasteiger charge is 2.22. The number of nitrogens with zero attached hydrogens (tertiary/aromatic N) is 4. The van der Waals surface area contributed by atoms with Gasteiger partial charge in [-0.05, 0) is 61.0 Å². The van der Waals surface area contributed by atoms with Gasteiger partial charge >= 0.3 is 0 Å². The lowest BCUT2D eigenvalue weighted by Crippen LogP contribution is -2.49. The van der Waals surface area contributed by atoms with Crippen molar-refractivity contribution in [2.24, 2.45) is 0 Å². The van der Waals surface area contributed by atoms with Gasteiger partial charge in [-0.2, -0.15) is 0 Å². The molecule has 2 aromatic carbocycles. The fraction of sp³-hybridized carbons (Fsp3) is 0.370. The number of carbonyl (C=O) groups is 1. The fourth-order valence-electron chi connectivity index (χ4n) is 3.97. The zero-order valence-electron chi connectivity index (χ0n) is 20.1. The van der Waals surface area contributed by atoms with Gasteiger partial charge in [0.25, 0.3) is 0 Å². The summed E-state index contributed by atoms with van der Waals surface area (Å²) < 4.78 is 5.50. The molecule has 0 N–H and O–H groups in total. The summed E-state index contributed by atoms with van der Waals surface area (Å²) in [5.74, 6) is 1.88. The van der Waals surface area contributed by atoms with E-state index in [9.17, 15) is 4.79 Å². The Morgan fingerprint density at radius 2 is 1.65 bits per heavy atom. The smallest absolute Gasteiger partial charge is 0.227 e. The van der Waals surface area contributed by atoms with Crippen LogP contribution in [0.4, 0.5) is 5.82 Å². The van der Waals surface area contributed by atoms with Gasteiger partial charge in [-0.3, -0.25) is 4.79 Å². The second-order valence-corrected chi connectivity index (χ2v) is 10.2. The summed E-state index contributed by atoms with van der Waals surface area (Å²) in [7, 11) is 0. The summed E-state index contributed by atoms with van der Waals surface area (Å²) >= 11 is 1.84. The molecular weight excluding hydrogens is 444 g/mol. The highest BCUT2D eigenvalue weighted by atomic mass is 32.2. The van der Waals surface area contributed by atoms with E-state index in [-0.39, 0.29) is 5.91 Å². The van der Waals surface area contributed by atoms with Crippen LogP contribution in [-0.2, 0) is 11.2 Å². The van der Waals surface area contributed by atoms with Crippen molar-refractivity contribution in [3.8, 4) is 17.0 Å². The average molecular weight is 477 g/mol. The molecule has 6 nitrogen and oxygen atoms in total. The van der Waals surface area contributed by atoms with Crippen molar-refractivity contribution in [3.63, 3.8) is 0 Å². The molecule has 0 atom stereocenters. The number of hydrogen-bond donors (Lipinski definition) is 0. The first kappa shape index (κ1) is 24.1. The number of carbonyl (C=O) groups excluding carboxylic acids is 1. The maximum Gasteiger partial charge on any atom is 0.227 e. The van der Waals surface area contributed by atoms with Gasteiger partial charge in [0.1, 0.15) is 5.75 Å². The SMILES string of the molecule is CCOc1ccc(-c2ccc(N3CCN(C(=O)Cc4ccc(SC(C)C)cc4)CC3)nn2)cc1. The summed E-state index contributed by atoms with van der Waals surface area (Å²) in [6.45, 7) is 9.90. The van der Waals surface area contributed by atoms with Crippen molar-refractivity contribution < 1.29 is 9.53 Å². The predicted molar refractivity (Wildman–Crippen MR) is 139 cm³/mol. The molecular formula is C27H32N4O2S. The number of hydrogen-bond acceptors (Lipinski definition) is 6. The highest BCUT2D eigenvalue weighted by Crippen LogP contribution is 2.24. The zero-order valence-corrected chi connectivity index (χ0v) is 20.9. The first-order valence-corrected chi connectivity index (χ1v) is 12.7. The molecule has 3 aromatic rings. The van der Waals surface area contributed by atoms with Crippen LogP contribution in [0.5, 0.6) is 5.75 Å². The minimum Gasteiger partial charge on any atom is -0.494 e. The van der Waals surface area contributed by atoms with E-state index in [0.29, 0.717) is 31.4 Å². The van der Waals surface area contributed by atoms with E-state index in [2.05, 4.69) is 53.2 Å². The van der Waals surface area contributed by atoms with Gasteiger partial charge in [-0.1, -0.05) is 26.0 Å². The number of piperazine rings is 1. The number of aromatic nitrogens is 2. The minimum absolute atomic E-state index is 0.181. The quantitative estimate of drug-likeness (QED) is 0.430. The number of benzene rings is 2. The van der Waals surface area contributed by atoms with Crippen LogP contribution in [0.1, 0.15) is 26.3 Å². The first-order valence-electron chi connectivity index (χ1n) is 11.9. The molecule has 4 rings (SSSR count). The first-order chi connectivity index (χ1) is 16.5. The lowest BCUT2D eigenvalue weighted by Gasteiger charge is -2.35. The van der Waals surface area contributed by atoms with Crippen molar-refractivity contribution in [1.29, 1.82) is 0 Å². The van der Waals surface area contributed by atoms with Crippen LogP contribution in [-0.4, -0.2) is 59.0 Å².